The van der Waals surface area contributed by atoms with E-state index in [-0.39, 0.29) is 11.2 Å². The van der Waals surface area contributed by atoms with Gasteiger partial charge >= 0.3 is 0 Å². The number of nitriles is 1. The van der Waals surface area contributed by atoms with Gasteiger partial charge in [-0.2, -0.15) is 5.26 Å². The van der Waals surface area contributed by atoms with Crippen LogP contribution in [0.15, 0.2) is 36.4 Å². The van der Waals surface area contributed by atoms with Gasteiger partial charge in [0.2, 0.25) is 0 Å². The lowest BCUT2D eigenvalue weighted by molar-refractivity contribution is 0.474. The SMILES string of the molecule is CC(C)(c1ccc(O)cc1)c1cc(C#N)c2c(c1)nnn2CCCl. The van der Waals surface area contributed by atoms with E-state index in [4.69, 9.17) is 11.6 Å². The molecule has 3 aromatic rings. The van der Waals surface area contributed by atoms with E-state index in [1.807, 2.05) is 24.3 Å². The highest BCUT2D eigenvalue weighted by molar-refractivity contribution is 6.17. The highest BCUT2D eigenvalue weighted by atomic mass is 35.5. The molecule has 3 rings (SSSR count). The minimum Gasteiger partial charge on any atom is -0.508 e. The van der Waals surface area contributed by atoms with E-state index in [2.05, 4.69) is 30.2 Å². The molecule has 1 N–H and O–H groups in total. The summed E-state index contributed by atoms with van der Waals surface area (Å²) in [6.45, 7) is 4.66. The summed E-state index contributed by atoms with van der Waals surface area (Å²) in [7, 11) is 0. The molecular weight excluding hydrogens is 324 g/mol. The van der Waals surface area contributed by atoms with Crippen molar-refractivity contribution in [2.24, 2.45) is 0 Å². The predicted molar refractivity (Wildman–Crippen MR) is 93.2 cm³/mol. The summed E-state index contributed by atoms with van der Waals surface area (Å²) in [6, 6.07) is 13.2. The molecule has 6 heteroatoms. The fraction of sp³-hybridized carbons (Fsp3) is 0.278. The third-order valence-electron chi connectivity index (χ3n) is 4.34. The number of benzene rings is 2. The van der Waals surface area contributed by atoms with E-state index in [1.54, 1.807) is 16.8 Å². The third-order valence-corrected chi connectivity index (χ3v) is 4.50. The van der Waals surface area contributed by atoms with Crippen LogP contribution in [0.3, 0.4) is 0 Å². The van der Waals surface area contributed by atoms with E-state index in [1.165, 1.54) is 0 Å². The van der Waals surface area contributed by atoms with Crippen molar-refractivity contribution >= 4 is 22.6 Å². The van der Waals surface area contributed by atoms with Crippen molar-refractivity contribution in [2.45, 2.75) is 25.8 Å². The normalized spacial score (nSPS) is 11.6. The molecule has 0 aliphatic rings. The number of aryl methyl sites for hydroxylation is 1. The molecule has 0 atom stereocenters. The van der Waals surface area contributed by atoms with E-state index in [0.29, 0.717) is 29.0 Å². The fourth-order valence-electron chi connectivity index (χ4n) is 2.84. The Morgan fingerprint density at radius 1 is 1.21 bits per heavy atom. The number of phenolic OH excluding ortho intramolecular Hbond substituents is 1. The molecule has 0 radical (unpaired) electrons. The van der Waals surface area contributed by atoms with Crippen LogP contribution in [0.5, 0.6) is 5.75 Å². The largest absolute Gasteiger partial charge is 0.508 e. The number of hydrogen-bond donors (Lipinski definition) is 1. The minimum atomic E-state index is -0.343. The number of halogens is 1. The lowest BCUT2D eigenvalue weighted by Gasteiger charge is -2.26. The van der Waals surface area contributed by atoms with Crippen LogP contribution in [-0.4, -0.2) is 26.0 Å². The monoisotopic (exact) mass is 340 g/mol. The molecule has 5 nitrogen and oxygen atoms in total. The Morgan fingerprint density at radius 2 is 1.92 bits per heavy atom. The number of rotatable bonds is 4. The van der Waals surface area contributed by atoms with E-state index in [9.17, 15) is 10.4 Å². The van der Waals surface area contributed by atoms with Gasteiger partial charge in [0.05, 0.1) is 12.1 Å². The number of phenols is 1. The minimum absolute atomic E-state index is 0.228. The number of fused-ring (bicyclic) bond motifs is 1. The Hall–Kier alpha value is -2.58. The molecule has 1 heterocycles. The van der Waals surface area contributed by atoms with Crippen LogP contribution in [0.25, 0.3) is 11.0 Å². The molecule has 0 spiro atoms. The van der Waals surface area contributed by atoms with Crippen molar-refractivity contribution in [1.29, 1.82) is 5.26 Å². The predicted octanol–water partition coefficient (Wildman–Crippen LogP) is 3.57. The maximum absolute atomic E-state index is 9.56. The van der Waals surface area contributed by atoms with Gasteiger partial charge in [0, 0.05) is 11.3 Å². The first-order valence-corrected chi connectivity index (χ1v) is 8.14. The number of hydrogen-bond acceptors (Lipinski definition) is 4. The Kier molecular flexibility index (Phi) is 4.16. The molecule has 1 aromatic heterocycles. The second-order valence-electron chi connectivity index (χ2n) is 6.18. The molecule has 24 heavy (non-hydrogen) atoms. The van der Waals surface area contributed by atoms with Crippen molar-refractivity contribution in [3.05, 3.63) is 53.1 Å². The molecule has 0 fully saturated rings. The maximum Gasteiger partial charge on any atom is 0.115 e. The number of alkyl halides is 1. The number of aromatic nitrogens is 3. The lowest BCUT2D eigenvalue weighted by Crippen LogP contribution is -2.19. The Labute approximate surface area is 145 Å². The van der Waals surface area contributed by atoms with Gasteiger partial charge in [-0.15, -0.1) is 16.7 Å². The average Bonchev–Trinajstić information content (AvgIpc) is 2.98. The van der Waals surface area contributed by atoms with Crippen molar-refractivity contribution in [3.8, 4) is 11.8 Å². The van der Waals surface area contributed by atoms with Crippen LogP contribution < -0.4 is 0 Å². The van der Waals surface area contributed by atoms with Gasteiger partial charge in [-0.1, -0.05) is 31.2 Å². The van der Waals surface area contributed by atoms with Gasteiger partial charge < -0.3 is 5.11 Å². The second-order valence-corrected chi connectivity index (χ2v) is 6.55. The van der Waals surface area contributed by atoms with Crippen molar-refractivity contribution in [2.75, 3.05) is 5.88 Å². The first-order valence-electron chi connectivity index (χ1n) is 7.60. The number of aromatic hydroxyl groups is 1. The standard InChI is InChI=1S/C18H17ClN4O/c1-18(2,13-3-5-15(24)6-4-13)14-9-12(11-20)17-16(10-14)21-22-23(17)8-7-19/h3-6,9-10,24H,7-8H2,1-2H3. The molecule has 0 bridgehead atoms. The average molecular weight is 341 g/mol. The quantitative estimate of drug-likeness (QED) is 0.737. The summed E-state index contributed by atoms with van der Waals surface area (Å²) in [4.78, 5) is 0. The van der Waals surface area contributed by atoms with Crippen LogP contribution >= 0.6 is 11.6 Å². The zero-order valence-corrected chi connectivity index (χ0v) is 14.2. The van der Waals surface area contributed by atoms with Crippen LogP contribution in [0.4, 0.5) is 0 Å². The van der Waals surface area contributed by atoms with E-state index in [0.717, 1.165) is 11.1 Å². The summed E-state index contributed by atoms with van der Waals surface area (Å²) >= 11 is 5.79. The van der Waals surface area contributed by atoms with Crippen LogP contribution in [0.1, 0.15) is 30.5 Å². The second kappa shape index (κ2) is 6.14. The zero-order chi connectivity index (χ0) is 17.3. The number of nitrogens with zero attached hydrogens (tertiary/aromatic N) is 4. The third kappa shape index (κ3) is 2.70. The van der Waals surface area contributed by atoms with Crippen molar-refractivity contribution in [3.63, 3.8) is 0 Å². The summed E-state index contributed by atoms with van der Waals surface area (Å²) in [5.41, 5.74) is 3.59. The summed E-state index contributed by atoms with van der Waals surface area (Å²) in [5.74, 6) is 0.635. The molecule has 0 saturated carbocycles. The first-order chi connectivity index (χ1) is 11.5. The van der Waals surface area contributed by atoms with Crippen molar-refractivity contribution in [1.82, 2.24) is 15.0 Å². The molecule has 0 unspecified atom stereocenters. The van der Waals surface area contributed by atoms with Gasteiger partial charge in [0.1, 0.15) is 22.9 Å². The molecule has 2 aromatic carbocycles. The van der Waals surface area contributed by atoms with Gasteiger partial charge in [-0.3, -0.25) is 0 Å². The zero-order valence-electron chi connectivity index (χ0n) is 13.5. The van der Waals surface area contributed by atoms with Crippen molar-refractivity contribution < 1.29 is 5.11 Å². The maximum atomic E-state index is 9.56. The van der Waals surface area contributed by atoms with E-state index < -0.39 is 0 Å². The summed E-state index contributed by atoms with van der Waals surface area (Å²) in [6.07, 6.45) is 0. The fourth-order valence-corrected chi connectivity index (χ4v) is 3.00. The highest BCUT2D eigenvalue weighted by Gasteiger charge is 2.25. The van der Waals surface area contributed by atoms with Gasteiger partial charge in [0.15, 0.2) is 0 Å². The lowest BCUT2D eigenvalue weighted by atomic mass is 9.77. The van der Waals surface area contributed by atoms with Crippen LogP contribution in [0, 0.1) is 11.3 Å². The molecule has 0 saturated heterocycles. The first kappa shape index (κ1) is 16.3. The highest BCUT2D eigenvalue weighted by Crippen LogP contribution is 2.34. The Bertz CT molecular complexity index is 923. The van der Waals surface area contributed by atoms with Crippen LogP contribution in [-0.2, 0) is 12.0 Å². The molecule has 122 valence electrons. The molecular formula is C18H17ClN4O. The van der Waals surface area contributed by atoms with E-state index >= 15 is 0 Å². The van der Waals surface area contributed by atoms with Crippen LogP contribution in [0.2, 0.25) is 0 Å². The topological polar surface area (TPSA) is 74.7 Å². The van der Waals surface area contributed by atoms with Gasteiger partial charge in [0.25, 0.3) is 0 Å². The summed E-state index contributed by atoms with van der Waals surface area (Å²) < 4.78 is 1.66. The molecule has 0 aliphatic heterocycles. The Balaban J connectivity index is 2.16. The Morgan fingerprint density at radius 3 is 2.54 bits per heavy atom. The molecule has 0 aliphatic carbocycles. The van der Waals surface area contributed by atoms with Gasteiger partial charge in [-0.25, -0.2) is 4.68 Å². The smallest absolute Gasteiger partial charge is 0.115 e. The van der Waals surface area contributed by atoms with Gasteiger partial charge in [-0.05, 0) is 35.4 Å². The molecule has 0 amide bonds. The summed E-state index contributed by atoms with van der Waals surface area (Å²) in [5, 5.41) is 27.3.